The van der Waals surface area contributed by atoms with Gasteiger partial charge in [-0.25, -0.2) is 0 Å². The van der Waals surface area contributed by atoms with E-state index in [1.165, 1.54) is 0 Å². The van der Waals surface area contributed by atoms with Crippen LogP contribution in [-0.4, -0.2) is 15.3 Å². The smallest absolute Gasteiger partial charge is 0.169 e. The van der Waals surface area contributed by atoms with E-state index in [4.69, 9.17) is 22.7 Å². The molecular formula is C15H14N4OS. The van der Waals surface area contributed by atoms with Crippen molar-refractivity contribution in [3.63, 3.8) is 0 Å². The molecule has 1 aromatic heterocycles. The first-order valence-electron chi connectivity index (χ1n) is 6.44. The second-order valence-electron chi connectivity index (χ2n) is 4.54. The number of benzene rings is 2. The maximum atomic E-state index is 5.80. The van der Waals surface area contributed by atoms with Crippen molar-refractivity contribution < 1.29 is 4.74 Å². The molecule has 4 N–H and O–H groups in total. The minimum Gasteiger partial charge on any atom is -0.489 e. The van der Waals surface area contributed by atoms with Crippen LogP contribution < -0.4 is 15.8 Å². The summed E-state index contributed by atoms with van der Waals surface area (Å²) in [7, 11) is 0. The van der Waals surface area contributed by atoms with Gasteiger partial charge in [0, 0.05) is 5.39 Å². The first-order valence-corrected chi connectivity index (χ1v) is 6.84. The van der Waals surface area contributed by atoms with Crippen molar-refractivity contribution in [1.82, 2.24) is 10.2 Å². The first kappa shape index (κ1) is 13.4. The van der Waals surface area contributed by atoms with Crippen LogP contribution in [0.5, 0.6) is 5.75 Å². The van der Waals surface area contributed by atoms with Crippen LogP contribution in [0.4, 0.5) is 5.82 Å². The van der Waals surface area contributed by atoms with E-state index in [2.05, 4.69) is 15.5 Å². The fraction of sp³-hybridized carbons (Fsp3) is 0.0667. The number of thiocarbonyl (C=S) groups is 1. The van der Waals surface area contributed by atoms with Crippen LogP contribution in [0.1, 0.15) is 5.56 Å². The number of nitrogens with one attached hydrogen (secondary N) is 2. The number of H-pyrrole nitrogens is 1. The minimum absolute atomic E-state index is 0.180. The first-order chi connectivity index (χ1) is 10.2. The van der Waals surface area contributed by atoms with Gasteiger partial charge in [-0.1, -0.05) is 30.3 Å². The van der Waals surface area contributed by atoms with E-state index in [0.717, 1.165) is 22.2 Å². The second kappa shape index (κ2) is 5.80. The molecule has 0 atom stereocenters. The Morgan fingerprint density at radius 2 is 2.05 bits per heavy atom. The Kier molecular flexibility index (Phi) is 3.70. The number of nitrogens with two attached hydrogens (primary N) is 1. The standard InChI is InChI=1S/C15H14N4OS/c16-15(21)17-14-12-8-11(6-7-13(12)18-19-14)20-9-10-4-2-1-3-5-10/h1-8H,9H2,(H4,16,17,18,19,21). The Bertz CT molecular complexity index is 770. The molecule has 0 saturated heterocycles. The maximum Gasteiger partial charge on any atom is 0.169 e. The molecule has 0 amide bonds. The number of nitrogens with zero attached hydrogens (tertiary/aromatic N) is 1. The number of hydrogen-bond acceptors (Lipinski definition) is 3. The molecule has 106 valence electrons. The molecule has 0 saturated carbocycles. The summed E-state index contributed by atoms with van der Waals surface area (Å²) in [6.07, 6.45) is 0. The molecule has 3 rings (SSSR count). The molecule has 0 spiro atoms. The van der Waals surface area contributed by atoms with Crippen LogP contribution in [0.3, 0.4) is 0 Å². The Morgan fingerprint density at radius 3 is 2.81 bits per heavy atom. The molecule has 0 unspecified atom stereocenters. The minimum atomic E-state index is 0.180. The SMILES string of the molecule is NC(=S)Nc1n[nH]c2ccc(OCc3ccccc3)cc12. The number of fused-ring (bicyclic) bond motifs is 1. The summed E-state index contributed by atoms with van der Waals surface area (Å²) in [5.41, 5.74) is 7.49. The molecule has 0 radical (unpaired) electrons. The van der Waals surface area contributed by atoms with Crippen LogP contribution in [0.2, 0.25) is 0 Å². The van der Waals surface area contributed by atoms with Crippen molar-refractivity contribution in [2.75, 3.05) is 5.32 Å². The van der Waals surface area contributed by atoms with Gasteiger partial charge in [0.2, 0.25) is 0 Å². The Labute approximate surface area is 127 Å². The van der Waals surface area contributed by atoms with Gasteiger partial charge in [-0.2, -0.15) is 5.10 Å². The number of hydrogen-bond donors (Lipinski definition) is 3. The van der Waals surface area contributed by atoms with Crippen LogP contribution in [0.25, 0.3) is 10.9 Å². The fourth-order valence-electron chi connectivity index (χ4n) is 2.04. The van der Waals surface area contributed by atoms with Gasteiger partial charge in [-0.3, -0.25) is 5.10 Å². The predicted molar refractivity (Wildman–Crippen MR) is 87.3 cm³/mol. The van der Waals surface area contributed by atoms with E-state index >= 15 is 0 Å². The number of rotatable bonds is 4. The summed E-state index contributed by atoms with van der Waals surface area (Å²) in [5.74, 6) is 1.36. The monoisotopic (exact) mass is 298 g/mol. The van der Waals surface area contributed by atoms with Gasteiger partial charge in [-0.15, -0.1) is 0 Å². The van der Waals surface area contributed by atoms with E-state index < -0.39 is 0 Å². The van der Waals surface area contributed by atoms with Gasteiger partial charge in [0.15, 0.2) is 10.9 Å². The molecule has 5 nitrogen and oxygen atoms in total. The van der Waals surface area contributed by atoms with Gasteiger partial charge in [0.25, 0.3) is 0 Å². The molecule has 21 heavy (non-hydrogen) atoms. The van der Waals surface area contributed by atoms with E-state index in [1.54, 1.807) is 0 Å². The van der Waals surface area contributed by atoms with Crippen molar-refractivity contribution in [3.8, 4) is 5.75 Å². The average Bonchev–Trinajstić information content (AvgIpc) is 2.88. The average molecular weight is 298 g/mol. The van der Waals surface area contributed by atoms with Crippen LogP contribution in [0, 0.1) is 0 Å². The predicted octanol–water partition coefficient (Wildman–Crippen LogP) is 2.80. The van der Waals surface area contributed by atoms with Crippen LogP contribution in [-0.2, 0) is 6.61 Å². The van der Waals surface area contributed by atoms with Crippen molar-refractivity contribution >= 4 is 34.1 Å². The Hall–Kier alpha value is -2.60. The Balaban J connectivity index is 1.81. The lowest BCUT2D eigenvalue weighted by Crippen LogP contribution is -2.19. The van der Waals surface area contributed by atoms with Gasteiger partial charge < -0.3 is 15.8 Å². The highest BCUT2D eigenvalue weighted by atomic mass is 32.1. The number of aromatic nitrogens is 2. The molecule has 3 aromatic rings. The second-order valence-corrected chi connectivity index (χ2v) is 4.98. The molecule has 0 fully saturated rings. The number of ether oxygens (including phenoxy) is 1. The molecule has 0 aliphatic carbocycles. The highest BCUT2D eigenvalue weighted by Gasteiger charge is 2.07. The summed E-state index contributed by atoms with van der Waals surface area (Å²) in [6.45, 7) is 0.516. The summed E-state index contributed by atoms with van der Waals surface area (Å²) in [5, 5.41) is 10.9. The van der Waals surface area contributed by atoms with E-state index in [-0.39, 0.29) is 5.11 Å². The molecule has 0 aliphatic rings. The summed E-state index contributed by atoms with van der Waals surface area (Å²) in [6, 6.07) is 15.7. The summed E-state index contributed by atoms with van der Waals surface area (Å²) in [4.78, 5) is 0. The normalized spacial score (nSPS) is 10.5. The number of anilines is 1. The highest BCUT2D eigenvalue weighted by molar-refractivity contribution is 7.80. The van der Waals surface area contributed by atoms with Crippen molar-refractivity contribution in [2.45, 2.75) is 6.61 Å². The molecule has 0 aliphatic heterocycles. The molecule has 0 bridgehead atoms. The number of aromatic amines is 1. The third-order valence-electron chi connectivity index (χ3n) is 3.02. The Morgan fingerprint density at radius 1 is 1.24 bits per heavy atom. The largest absolute Gasteiger partial charge is 0.489 e. The topological polar surface area (TPSA) is 76.0 Å². The summed E-state index contributed by atoms with van der Waals surface area (Å²) < 4.78 is 5.80. The van der Waals surface area contributed by atoms with Gasteiger partial charge in [-0.05, 0) is 36.0 Å². The van der Waals surface area contributed by atoms with E-state index in [0.29, 0.717) is 12.4 Å². The van der Waals surface area contributed by atoms with Crippen molar-refractivity contribution in [3.05, 3.63) is 54.1 Å². The molecule has 2 aromatic carbocycles. The third-order valence-corrected chi connectivity index (χ3v) is 3.13. The lowest BCUT2D eigenvalue weighted by Gasteiger charge is -2.06. The summed E-state index contributed by atoms with van der Waals surface area (Å²) >= 11 is 4.84. The van der Waals surface area contributed by atoms with Crippen LogP contribution >= 0.6 is 12.2 Å². The van der Waals surface area contributed by atoms with Gasteiger partial charge >= 0.3 is 0 Å². The van der Waals surface area contributed by atoms with Crippen LogP contribution in [0.15, 0.2) is 48.5 Å². The molecule has 6 heteroatoms. The zero-order valence-electron chi connectivity index (χ0n) is 11.2. The maximum absolute atomic E-state index is 5.80. The van der Waals surface area contributed by atoms with E-state index in [1.807, 2.05) is 48.5 Å². The quantitative estimate of drug-likeness (QED) is 0.646. The zero-order chi connectivity index (χ0) is 14.7. The zero-order valence-corrected chi connectivity index (χ0v) is 12.0. The third kappa shape index (κ3) is 3.11. The fourth-order valence-corrected chi connectivity index (χ4v) is 2.13. The molecule has 1 heterocycles. The molecular weight excluding hydrogens is 284 g/mol. The van der Waals surface area contributed by atoms with Gasteiger partial charge in [0.1, 0.15) is 12.4 Å². The lowest BCUT2D eigenvalue weighted by molar-refractivity contribution is 0.306. The van der Waals surface area contributed by atoms with E-state index in [9.17, 15) is 0 Å². The highest BCUT2D eigenvalue weighted by Crippen LogP contribution is 2.25. The van der Waals surface area contributed by atoms with Gasteiger partial charge in [0.05, 0.1) is 5.52 Å². The van der Waals surface area contributed by atoms with Crippen molar-refractivity contribution in [2.24, 2.45) is 5.73 Å². The van der Waals surface area contributed by atoms with Crippen molar-refractivity contribution in [1.29, 1.82) is 0 Å². The lowest BCUT2D eigenvalue weighted by atomic mass is 10.2.